The number of hydrogen-bond donors (Lipinski definition) is 2. The van der Waals surface area contributed by atoms with Crippen molar-refractivity contribution in [3.05, 3.63) is 52.5 Å². The van der Waals surface area contributed by atoms with Crippen LogP contribution < -0.4 is 5.32 Å². The summed E-state index contributed by atoms with van der Waals surface area (Å²) in [6, 6.07) is 12.9. The lowest BCUT2D eigenvalue weighted by atomic mass is 10.1. The van der Waals surface area contributed by atoms with Gasteiger partial charge in [-0.25, -0.2) is 0 Å². The van der Waals surface area contributed by atoms with Crippen molar-refractivity contribution in [2.24, 2.45) is 0 Å². The van der Waals surface area contributed by atoms with E-state index >= 15 is 0 Å². The smallest absolute Gasteiger partial charge is 0.206 e. The van der Waals surface area contributed by atoms with Crippen LogP contribution in [-0.4, -0.2) is 20.6 Å². The predicted molar refractivity (Wildman–Crippen MR) is 79.4 cm³/mol. The van der Waals surface area contributed by atoms with E-state index in [1.807, 2.05) is 24.3 Å². The molecule has 0 radical (unpaired) electrons. The second-order valence-corrected chi connectivity index (χ2v) is 4.94. The van der Waals surface area contributed by atoms with Crippen LogP contribution in [0.1, 0.15) is 0 Å². The van der Waals surface area contributed by atoms with Crippen molar-refractivity contribution in [1.29, 1.82) is 0 Å². The van der Waals surface area contributed by atoms with Crippen LogP contribution in [0.2, 0.25) is 10.0 Å². The van der Waals surface area contributed by atoms with Crippen LogP contribution in [0.3, 0.4) is 0 Å². The monoisotopic (exact) mass is 305 g/mol. The molecule has 5 nitrogen and oxygen atoms in total. The number of hydrogen-bond acceptors (Lipinski definition) is 4. The predicted octanol–water partition coefficient (Wildman–Crippen LogP) is 3.92. The van der Waals surface area contributed by atoms with Crippen LogP contribution in [0.4, 0.5) is 11.4 Å². The number of para-hydroxylation sites is 1. The zero-order valence-corrected chi connectivity index (χ0v) is 11.7. The van der Waals surface area contributed by atoms with Gasteiger partial charge in [0.05, 0.1) is 0 Å². The lowest BCUT2D eigenvalue weighted by molar-refractivity contribution is 0.881. The van der Waals surface area contributed by atoms with Crippen LogP contribution in [0, 0.1) is 0 Å². The third-order valence-corrected chi connectivity index (χ3v) is 3.09. The molecule has 2 aromatic carbocycles. The van der Waals surface area contributed by atoms with Gasteiger partial charge < -0.3 is 5.32 Å². The van der Waals surface area contributed by atoms with Gasteiger partial charge in [-0.3, -0.25) is 0 Å². The number of anilines is 2. The third-order valence-electron chi connectivity index (χ3n) is 2.65. The molecule has 0 saturated carbocycles. The maximum atomic E-state index is 5.99. The van der Waals surface area contributed by atoms with Crippen molar-refractivity contribution in [2.75, 3.05) is 5.32 Å². The summed E-state index contributed by atoms with van der Waals surface area (Å²) >= 11 is 12.0. The Bertz CT molecular complexity index is 707. The van der Waals surface area contributed by atoms with E-state index in [0.29, 0.717) is 15.9 Å². The molecule has 0 saturated heterocycles. The molecule has 0 bridgehead atoms. The molecule has 2 N–H and O–H groups in total. The highest BCUT2D eigenvalue weighted by atomic mass is 35.5. The van der Waals surface area contributed by atoms with Crippen molar-refractivity contribution in [1.82, 2.24) is 20.6 Å². The Morgan fingerprint density at radius 2 is 1.75 bits per heavy atom. The van der Waals surface area contributed by atoms with Crippen LogP contribution in [0.15, 0.2) is 42.5 Å². The van der Waals surface area contributed by atoms with Gasteiger partial charge >= 0.3 is 0 Å². The van der Waals surface area contributed by atoms with Crippen molar-refractivity contribution in [3.8, 4) is 11.4 Å². The number of benzene rings is 2. The average molecular weight is 306 g/mol. The summed E-state index contributed by atoms with van der Waals surface area (Å²) < 4.78 is 0. The van der Waals surface area contributed by atoms with E-state index in [-0.39, 0.29) is 0 Å². The molecule has 100 valence electrons. The molecule has 0 fully saturated rings. The maximum Gasteiger partial charge on any atom is 0.206 e. The fourth-order valence-electron chi connectivity index (χ4n) is 1.84. The van der Waals surface area contributed by atoms with Gasteiger partial charge in [0.25, 0.3) is 0 Å². The zero-order valence-electron chi connectivity index (χ0n) is 10.1. The number of H-pyrrole nitrogens is 1. The Labute approximate surface area is 124 Å². The summed E-state index contributed by atoms with van der Waals surface area (Å²) in [5.74, 6) is 0.515. The molecule has 20 heavy (non-hydrogen) atoms. The Balaban J connectivity index is 1.99. The van der Waals surface area contributed by atoms with Crippen molar-refractivity contribution in [2.45, 2.75) is 0 Å². The number of nitrogens with one attached hydrogen (secondary N) is 2. The number of aromatic amines is 1. The molecule has 0 aliphatic heterocycles. The zero-order chi connectivity index (χ0) is 13.9. The first-order valence-corrected chi connectivity index (χ1v) is 6.54. The molecule has 0 unspecified atom stereocenters. The fourth-order valence-corrected chi connectivity index (χ4v) is 2.37. The molecule has 0 aliphatic carbocycles. The summed E-state index contributed by atoms with van der Waals surface area (Å²) in [7, 11) is 0. The first kappa shape index (κ1) is 12.9. The lowest BCUT2D eigenvalue weighted by Crippen LogP contribution is -1.94. The molecular weight excluding hydrogens is 297 g/mol. The van der Waals surface area contributed by atoms with Crippen molar-refractivity contribution in [3.63, 3.8) is 0 Å². The molecule has 1 heterocycles. The van der Waals surface area contributed by atoms with Gasteiger partial charge in [-0.1, -0.05) is 35.3 Å². The normalized spacial score (nSPS) is 10.5. The van der Waals surface area contributed by atoms with Gasteiger partial charge in [-0.2, -0.15) is 5.21 Å². The number of rotatable bonds is 3. The minimum Gasteiger partial charge on any atom is -0.355 e. The van der Waals surface area contributed by atoms with Crippen molar-refractivity contribution >= 4 is 34.6 Å². The average Bonchev–Trinajstić information content (AvgIpc) is 2.92. The standard InChI is InChI=1S/C13H9Cl2N5/c14-8-5-9(15)7-10(6-8)16-12-4-2-1-3-11(12)13-17-19-20-18-13/h1-7,16H,(H,17,18,19,20). The molecule has 3 rings (SSSR count). The Hall–Kier alpha value is -2.11. The summed E-state index contributed by atoms with van der Waals surface area (Å²) in [5.41, 5.74) is 2.46. The largest absolute Gasteiger partial charge is 0.355 e. The van der Waals surface area contributed by atoms with Gasteiger partial charge in [0, 0.05) is 27.0 Å². The van der Waals surface area contributed by atoms with E-state index in [2.05, 4.69) is 25.9 Å². The summed E-state index contributed by atoms with van der Waals surface area (Å²) in [6.45, 7) is 0. The third kappa shape index (κ3) is 2.74. The number of nitrogens with zero attached hydrogens (tertiary/aromatic N) is 3. The first-order valence-electron chi connectivity index (χ1n) is 5.78. The van der Waals surface area contributed by atoms with Gasteiger partial charge in [0.15, 0.2) is 0 Å². The highest BCUT2D eigenvalue weighted by molar-refractivity contribution is 6.35. The number of aromatic nitrogens is 4. The highest BCUT2D eigenvalue weighted by Gasteiger charge is 2.09. The van der Waals surface area contributed by atoms with E-state index in [4.69, 9.17) is 23.2 Å². The molecule has 1 aromatic heterocycles. The molecule has 0 atom stereocenters. The summed E-state index contributed by atoms with van der Waals surface area (Å²) in [5, 5.41) is 18.4. The minimum atomic E-state index is 0.515. The van der Waals surface area contributed by atoms with Gasteiger partial charge in [-0.15, -0.1) is 10.2 Å². The number of halogens is 2. The van der Waals surface area contributed by atoms with Gasteiger partial charge in [0.2, 0.25) is 5.82 Å². The molecule has 3 aromatic rings. The van der Waals surface area contributed by atoms with E-state index in [9.17, 15) is 0 Å². The molecular formula is C13H9Cl2N5. The topological polar surface area (TPSA) is 66.5 Å². The number of tetrazole rings is 1. The van der Waals surface area contributed by atoms with Crippen LogP contribution in [0.5, 0.6) is 0 Å². The summed E-state index contributed by atoms with van der Waals surface area (Å²) in [4.78, 5) is 0. The fraction of sp³-hybridized carbons (Fsp3) is 0. The molecule has 7 heteroatoms. The van der Waals surface area contributed by atoms with Crippen LogP contribution >= 0.6 is 23.2 Å². The Morgan fingerprint density at radius 1 is 1.00 bits per heavy atom. The Kier molecular flexibility index (Phi) is 3.54. The Morgan fingerprint density at radius 3 is 2.45 bits per heavy atom. The van der Waals surface area contributed by atoms with E-state index in [1.54, 1.807) is 18.2 Å². The molecule has 0 amide bonds. The van der Waals surface area contributed by atoms with Crippen LogP contribution in [0.25, 0.3) is 11.4 Å². The minimum absolute atomic E-state index is 0.515. The molecule has 0 spiro atoms. The molecule has 0 aliphatic rings. The summed E-state index contributed by atoms with van der Waals surface area (Å²) in [6.07, 6.45) is 0. The highest BCUT2D eigenvalue weighted by Crippen LogP contribution is 2.30. The maximum absolute atomic E-state index is 5.99. The quantitative estimate of drug-likeness (QED) is 0.769. The van der Waals surface area contributed by atoms with E-state index in [1.165, 1.54) is 0 Å². The van der Waals surface area contributed by atoms with Gasteiger partial charge in [-0.05, 0) is 35.5 Å². The van der Waals surface area contributed by atoms with E-state index < -0.39 is 0 Å². The van der Waals surface area contributed by atoms with Gasteiger partial charge in [0.1, 0.15) is 0 Å². The lowest BCUT2D eigenvalue weighted by Gasteiger charge is -2.10. The van der Waals surface area contributed by atoms with Crippen LogP contribution in [-0.2, 0) is 0 Å². The van der Waals surface area contributed by atoms with E-state index in [0.717, 1.165) is 16.9 Å². The van der Waals surface area contributed by atoms with Crippen molar-refractivity contribution < 1.29 is 0 Å². The SMILES string of the molecule is Clc1cc(Cl)cc(Nc2ccccc2-c2nn[nH]n2)c1. The second kappa shape index (κ2) is 5.48. The first-order chi connectivity index (χ1) is 9.72. The second-order valence-electron chi connectivity index (χ2n) is 4.06.